The zero-order valence-corrected chi connectivity index (χ0v) is 25.0. The molecule has 6 rings (SSSR count). The molecule has 0 N–H and O–H groups in total. The van der Waals surface area contributed by atoms with Gasteiger partial charge in [0.15, 0.2) is 8.32 Å². The van der Waals surface area contributed by atoms with Gasteiger partial charge in [-0.3, -0.25) is 0 Å². The molecule has 0 atom stereocenters. The van der Waals surface area contributed by atoms with Crippen LogP contribution in [0.3, 0.4) is 0 Å². The van der Waals surface area contributed by atoms with Gasteiger partial charge in [0.1, 0.15) is 0 Å². The number of fused-ring (bicyclic) bond motifs is 6. The van der Waals surface area contributed by atoms with E-state index in [9.17, 15) is 0 Å². The van der Waals surface area contributed by atoms with Gasteiger partial charge in [-0.1, -0.05) is 125 Å². The van der Waals surface area contributed by atoms with Crippen molar-refractivity contribution < 1.29 is 4.43 Å². The Balaban J connectivity index is 1.56. The van der Waals surface area contributed by atoms with Crippen molar-refractivity contribution in [2.75, 3.05) is 6.61 Å². The molecule has 0 saturated carbocycles. The third-order valence-electron chi connectivity index (χ3n) is 10.4. The van der Waals surface area contributed by atoms with Gasteiger partial charge in [0.2, 0.25) is 0 Å². The normalized spacial score (nSPS) is 14.7. The number of hydrogen-bond acceptors (Lipinski definition) is 1. The van der Waals surface area contributed by atoms with Gasteiger partial charge < -0.3 is 4.43 Å². The summed E-state index contributed by atoms with van der Waals surface area (Å²) in [6.45, 7) is 10.3. The molecule has 0 aromatic heterocycles. The highest BCUT2D eigenvalue weighted by Gasteiger charge is 2.52. The first-order chi connectivity index (χ1) is 19.1. The van der Waals surface area contributed by atoms with Crippen LogP contribution in [0.15, 0.2) is 97.1 Å². The molecule has 2 aliphatic rings. The van der Waals surface area contributed by atoms with Crippen LogP contribution in [-0.4, -0.2) is 14.9 Å². The van der Waals surface area contributed by atoms with Gasteiger partial charge in [-0.2, -0.15) is 0 Å². The molecule has 2 aliphatic carbocycles. The van der Waals surface area contributed by atoms with Crippen molar-refractivity contribution in [2.24, 2.45) is 5.41 Å². The summed E-state index contributed by atoms with van der Waals surface area (Å²) in [5.41, 5.74) is 11.6. The van der Waals surface area contributed by atoms with Crippen molar-refractivity contribution in [3.05, 3.63) is 119 Å². The van der Waals surface area contributed by atoms with E-state index in [1.807, 2.05) is 0 Å². The van der Waals surface area contributed by atoms with Gasteiger partial charge in [0, 0.05) is 18.4 Å². The minimum Gasteiger partial charge on any atom is -0.417 e. The molecule has 0 unspecified atom stereocenters. The zero-order chi connectivity index (χ0) is 27.0. The first-order valence-electron chi connectivity index (χ1n) is 15.1. The molecule has 0 heterocycles. The Labute approximate surface area is 236 Å². The summed E-state index contributed by atoms with van der Waals surface area (Å²) in [7, 11) is -1.70. The van der Waals surface area contributed by atoms with Gasteiger partial charge >= 0.3 is 0 Å². The zero-order valence-electron chi connectivity index (χ0n) is 24.0. The van der Waals surface area contributed by atoms with Crippen molar-refractivity contribution in [1.82, 2.24) is 0 Å². The smallest absolute Gasteiger partial charge is 0.191 e. The van der Waals surface area contributed by atoms with Crippen LogP contribution >= 0.6 is 0 Å². The first kappa shape index (κ1) is 26.3. The summed E-state index contributed by atoms with van der Waals surface area (Å²) in [6.07, 6.45) is 2.15. The highest BCUT2D eigenvalue weighted by atomic mass is 28.4. The Hall–Kier alpha value is -2.94. The maximum Gasteiger partial charge on any atom is 0.191 e. The molecule has 0 spiro atoms. The maximum atomic E-state index is 7.04. The van der Waals surface area contributed by atoms with Crippen LogP contribution in [-0.2, 0) is 4.43 Å². The first-order valence-corrected chi connectivity index (χ1v) is 17.7. The average molecular weight is 531 g/mol. The van der Waals surface area contributed by atoms with Crippen LogP contribution in [0.25, 0.3) is 22.3 Å². The van der Waals surface area contributed by atoms with Gasteiger partial charge in [0.25, 0.3) is 0 Å². The Morgan fingerprint density at radius 2 is 0.872 bits per heavy atom. The second-order valence-corrected chi connectivity index (χ2v) is 16.4. The lowest BCUT2D eigenvalue weighted by molar-refractivity contribution is 0.140. The molecular formula is C37H42OSi. The minimum atomic E-state index is -1.70. The molecule has 0 aliphatic heterocycles. The van der Waals surface area contributed by atoms with Gasteiger partial charge in [-0.05, 0) is 80.9 Å². The lowest BCUT2D eigenvalue weighted by Gasteiger charge is -2.46. The van der Waals surface area contributed by atoms with Crippen molar-refractivity contribution in [3.63, 3.8) is 0 Å². The monoisotopic (exact) mass is 530 g/mol. The molecule has 200 valence electrons. The topological polar surface area (TPSA) is 9.23 Å². The molecule has 0 bridgehead atoms. The molecule has 39 heavy (non-hydrogen) atoms. The fraction of sp³-hybridized carbons (Fsp3) is 0.351. The minimum absolute atomic E-state index is 0.0131. The van der Waals surface area contributed by atoms with E-state index in [0.717, 1.165) is 19.4 Å². The van der Waals surface area contributed by atoms with E-state index in [1.165, 1.54) is 62.6 Å². The summed E-state index contributed by atoms with van der Waals surface area (Å²) < 4.78 is 7.04. The predicted molar refractivity (Wildman–Crippen MR) is 168 cm³/mol. The lowest BCUT2D eigenvalue weighted by Crippen LogP contribution is -2.40. The summed E-state index contributed by atoms with van der Waals surface area (Å²) in [5.74, 6) is 0.646. The molecule has 0 saturated heterocycles. The van der Waals surface area contributed by atoms with Crippen LogP contribution in [0.1, 0.15) is 74.6 Å². The molecule has 4 aromatic rings. The van der Waals surface area contributed by atoms with E-state index in [4.69, 9.17) is 4.43 Å². The van der Waals surface area contributed by atoms with E-state index in [0.29, 0.717) is 11.8 Å². The third-order valence-corrected chi connectivity index (χ3v) is 15.1. The summed E-state index contributed by atoms with van der Waals surface area (Å²) in [6, 6.07) is 40.4. The second kappa shape index (κ2) is 10.6. The molecule has 0 amide bonds. The van der Waals surface area contributed by atoms with Crippen LogP contribution < -0.4 is 0 Å². The van der Waals surface area contributed by atoms with Gasteiger partial charge in [0.05, 0.1) is 0 Å². The lowest BCUT2D eigenvalue weighted by atomic mass is 9.58. The summed E-state index contributed by atoms with van der Waals surface area (Å²) in [4.78, 5) is 0. The van der Waals surface area contributed by atoms with Crippen LogP contribution in [0.4, 0.5) is 0 Å². The van der Waals surface area contributed by atoms with Crippen molar-refractivity contribution in [2.45, 2.75) is 70.5 Å². The van der Waals surface area contributed by atoms with Crippen molar-refractivity contribution in [1.29, 1.82) is 0 Å². The van der Waals surface area contributed by atoms with E-state index < -0.39 is 8.32 Å². The number of hydrogen-bond donors (Lipinski definition) is 0. The third kappa shape index (κ3) is 4.07. The Morgan fingerprint density at radius 3 is 1.18 bits per heavy atom. The van der Waals surface area contributed by atoms with E-state index in [-0.39, 0.29) is 5.41 Å². The number of benzene rings is 4. The molecule has 0 fully saturated rings. The van der Waals surface area contributed by atoms with Crippen molar-refractivity contribution >= 4 is 8.32 Å². The molecular weight excluding hydrogens is 488 g/mol. The van der Waals surface area contributed by atoms with Crippen molar-refractivity contribution in [3.8, 4) is 22.3 Å². The predicted octanol–water partition coefficient (Wildman–Crippen LogP) is 10.4. The fourth-order valence-corrected chi connectivity index (χ4v) is 10.8. The second-order valence-electron chi connectivity index (χ2n) is 11.6. The van der Waals surface area contributed by atoms with Gasteiger partial charge in [-0.15, -0.1) is 0 Å². The number of rotatable bonds is 10. The van der Waals surface area contributed by atoms with Crippen LogP contribution in [0.2, 0.25) is 18.1 Å². The maximum absolute atomic E-state index is 7.04. The molecule has 2 heteroatoms. The highest BCUT2D eigenvalue weighted by Crippen LogP contribution is 2.65. The molecule has 1 nitrogen and oxygen atoms in total. The van der Waals surface area contributed by atoms with Crippen LogP contribution in [0.5, 0.6) is 0 Å². The Morgan fingerprint density at radius 1 is 0.538 bits per heavy atom. The Bertz CT molecular complexity index is 1270. The Kier molecular flexibility index (Phi) is 7.12. The SMILES string of the molecule is CCC(CCO[Si](CC)(CC)CC)(C1c2ccccc2-c2ccccc21)C1c2ccccc2-c2ccccc21. The molecule has 4 aromatic carbocycles. The van der Waals surface area contributed by atoms with E-state index in [2.05, 4.69) is 125 Å². The summed E-state index contributed by atoms with van der Waals surface area (Å²) in [5, 5.41) is 0. The standard InChI is InChI=1S/C37H42OSi/c1-5-37(25-26-38-39(6-2,7-3)8-4,35-31-21-13-9-17-27(31)28-18-10-14-22-32(28)35)36-33-23-15-11-19-29(33)30-20-12-16-24-34(30)36/h9-24,35-36H,5-8,25-26H2,1-4H3. The fourth-order valence-electron chi connectivity index (χ4n) is 8.10. The summed E-state index contributed by atoms with van der Waals surface area (Å²) >= 11 is 0. The largest absolute Gasteiger partial charge is 0.417 e. The molecule has 0 radical (unpaired) electrons. The van der Waals surface area contributed by atoms with Gasteiger partial charge in [-0.25, -0.2) is 0 Å². The van der Waals surface area contributed by atoms with Crippen LogP contribution in [0, 0.1) is 5.41 Å². The van der Waals surface area contributed by atoms with E-state index >= 15 is 0 Å². The average Bonchev–Trinajstić information content (AvgIpc) is 3.52. The van der Waals surface area contributed by atoms with E-state index in [1.54, 1.807) is 0 Å². The quantitative estimate of drug-likeness (QED) is 0.185. The highest BCUT2D eigenvalue weighted by molar-refractivity contribution is 6.73.